The maximum absolute atomic E-state index is 13.4. The fraction of sp³-hybridized carbons (Fsp3) is 0.143. The Kier molecular flexibility index (Phi) is 4.58. The van der Waals surface area contributed by atoms with E-state index in [1.54, 1.807) is 0 Å². The van der Waals surface area contributed by atoms with Crippen molar-refractivity contribution in [1.82, 2.24) is 5.43 Å². The molecule has 0 spiro atoms. The van der Waals surface area contributed by atoms with Crippen molar-refractivity contribution in [3.05, 3.63) is 68.4 Å². The Balaban J connectivity index is 2.52. The van der Waals surface area contributed by atoms with Crippen LogP contribution >= 0.6 is 27.5 Å². The maximum atomic E-state index is 13.4. The van der Waals surface area contributed by atoms with E-state index in [1.165, 1.54) is 18.2 Å². The Morgan fingerprint density at radius 3 is 2.58 bits per heavy atom. The van der Waals surface area contributed by atoms with Crippen molar-refractivity contribution >= 4 is 27.5 Å². The van der Waals surface area contributed by atoms with Gasteiger partial charge >= 0.3 is 0 Å². The molecule has 3 N–H and O–H groups in total. The Hall–Kier alpha value is -0.940. The van der Waals surface area contributed by atoms with Crippen LogP contribution in [0.5, 0.6) is 0 Å². The molecule has 2 aromatic rings. The molecule has 2 aromatic carbocycles. The Labute approximate surface area is 124 Å². The average molecular weight is 344 g/mol. The number of nitrogens with two attached hydrogens (primary N) is 1. The highest BCUT2D eigenvalue weighted by molar-refractivity contribution is 9.10. The largest absolute Gasteiger partial charge is 0.271 e. The molecule has 0 saturated heterocycles. The molecule has 0 aromatic heterocycles. The molecule has 5 heteroatoms. The molecule has 0 amide bonds. The third-order valence-corrected chi connectivity index (χ3v) is 3.93. The van der Waals surface area contributed by atoms with Crippen molar-refractivity contribution in [3.63, 3.8) is 0 Å². The summed E-state index contributed by atoms with van der Waals surface area (Å²) < 4.78 is 14.3. The lowest BCUT2D eigenvalue weighted by molar-refractivity contribution is 0.604. The first kappa shape index (κ1) is 14.5. The van der Waals surface area contributed by atoms with Gasteiger partial charge in [-0.05, 0) is 47.9 Å². The fourth-order valence-corrected chi connectivity index (χ4v) is 2.90. The molecule has 19 heavy (non-hydrogen) atoms. The number of aryl methyl sites for hydroxylation is 1. The summed E-state index contributed by atoms with van der Waals surface area (Å²) in [4.78, 5) is 0. The maximum Gasteiger partial charge on any atom is 0.123 e. The average Bonchev–Trinajstić information content (AvgIpc) is 2.36. The van der Waals surface area contributed by atoms with E-state index in [4.69, 9.17) is 17.4 Å². The molecular formula is C14H13BrClFN2. The van der Waals surface area contributed by atoms with E-state index in [9.17, 15) is 4.39 Å². The van der Waals surface area contributed by atoms with Gasteiger partial charge in [-0.25, -0.2) is 9.82 Å². The monoisotopic (exact) mass is 342 g/mol. The zero-order chi connectivity index (χ0) is 14.0. The summed E-state index contributed by atoms with van der Waals surface area (Å²) in [5.74, 6) is 5.27. The summed E-state index contributed by atoms with van der Waals surface area (Å²) in [6.45, 7) is 1.99. The van der Waals surface area contributed by atoms with Crippen LogP contribution in [0, 0.1) is 12.7 Å². The number of halogens is 3. The van der Waals surface area contributed by atoms with Crippen LogP contribution in [0.15, 0.2) is 40.9 Å². The highest BCUT2D eigenvalue weighted by Gasteiger charge is 2.18. The standard InChI is InChI=1S/C14H13BrClFN2/c1-8-2-4-10(12(15)6-8)14(19-18)11-7-9(17)3-5-13(11)16/h2-7,14,19H,18H2,1H3. The second kappa shape index (κ2) is 6.01. The smallest absolute Gasteiger partial charge is 0.123 e. The van der Waals surface area contributed by atoms with Crippen molar-refractivity contribution in [2.24, 2.45) is 5.84 Å². The van der Waals surface area contributed by atoms with Crippen LogP contribution in [0.2, 0.25) is 5.02 Å². The van der Waals surface area contributed by atoms with Crippen LogP contribution in [0.3, 0.4) is 0 Å². The van der Waals surface area contributed by atoms with Gasteiger partial charge in [-0.3, -0.25) is 5.84 Å². The van der Waals surface area contributed by atoms with E-state index in [0.717, 1.165) is 15.6 Å². The van der Waals surface area contributed by atoms with Gasteiger partial charge in [-0.1, -0.05) is 39.7 Å². The van der Waals surface area contributed by atoms with Gasteiger partial charge in [-0.15, -0.1) is 0 Å². The molecule has 0 fully saturated rings. The summed E-state index contributed by atoms with van der Waals surface area (Å²) in [5, 5.41) is 0.469. The molecule has 0 aliphatic carbocycles. The van der Waals surface area contributed by atoms with E-state index >= 15 is 0 Å². The molecule has 0 heterocycles. The molecule has 0 aliphatic heterocycles. The lowest BCUT2D eigenvalue weighted by Gasteiger charge is -2.20. The van der Waals surface area contributed by atoms with Crippen molar-refractivity contribution in [3.8, 4) is 0 Å². The number of hydrogen-bond acceptors (Lipinski definition) is 2. The Morgan fingerprint density at radius 2 is 1.95 bits per heavy atom. The van der Waals surface area contributed by atoms with Gasteiger partial charge in [-0.2, -0.15) is 0 Å². The third-order valence-electron chi connectivity index (χ3n) is 2.90. The first-order valence-corrected chi connectivity index (χ1v) is 6.87. The van der Waals surface area contributed by atoms with Gasteiger partial charge in [0.2, 0.25) is 0 Å². The molecule has 0 aliphatic rings. The van der Waals surface area contributed by atoms with Crippen LogP contribution in [-0.4, -0.2) is 0 Å². The summed E-state index contributed by atoms with van der Waals surface area (Å²) in [5.41, 5.74) is 5.31. The van der Waals surface area contributed by atoms with Crippen molar-refractivity contribution < 1.29 is 4.39 Å². The SMILES string of the molecule is Cc1ccc(C(NN)c2cc(F)ccc2Cl)c(Br)c1. The van der Waals surface area contributed by atoms with Crippen molar-refractivity contribution in [1.29, 1.82) is 0 Å². The first-order chi connectivity index (χ1) is 9.02. The van der Waals surface area contributed by atoms with E-state index in [-0.39, 0.29) is 11.9 Å². The molecule has 1 atom stereocenters. The van der Waals surface area contributed by atoms with Gasteiger partial charge in [0, 0.05) is 9.50 Å². The second-order valence-corrected chi connectivity index (χ2v) is 5.55. The summed E-state index contributed by atoms with van der Waals surface area (Å²) in [7, 11) is 0. The molecule has 2 rings (SSSR count). The molecule has 0 bridgehead atoms. The van der Waals surface area contributed by atoms with Crippen LogP contribution < -0.4 is 11.3 Å². The van der Waals surface area contributed by atoms with Gasteiger partial charge < -0.3 is 0 Å². The lowest BCUT2D eigenvalue weighted by atomic mass is 9.98. The van der Waals surface area contributed by atoms with Crippen LogP contribution in [0.4, 0.5) is 4.39 Å². The summed E-state index contributed by atoms with van der Waals surface area (Å²) >= 11 is 9.62. The quantitative estimate of drug-likeness (QED) is 0.650. The van der Waals surface area contributed by atoms with Gasteiger partial charge in [0.1, 0.15) is 5.82 Å². The zero-order valence-corrected chi connectivity index (χ0v) is 12.6. The molecule has 0 radical (unpaired) electrons. The summed E-state index contributed by atoms with van der Waals surface area (Å²) in [6, 6.07) is 9.75. The predicted molar refractivity (Wildman–Crippen MR) is 79.5 cm³/mol. The Bertz CT molecular complexity index is 604. The first-order valence-electron chi connectivity index (χ1n) is 5.70. The highest BCUT2D eigenvalue weighted by Crippen LogP contribution is 2.32. The molecular weight excluding hydrogens is 331 g/mol. The minimum absolute atomic E-state index is 0.345. The molecule has 1 unspecified atom stereocenters. The van der Waals surface area contributed by atoms with Crippen LogP contribution in [0.1, 0.15) is 22.7 Å². The van der Waals surface area contributed by atoms with Crippen LogP contribution in [0.25, 0.3) is 0 Å². The minimum Gasteiger partial charge on any atom is -0.271 e. The van der Waals surface area contributed by atoms with E-state index in [1.807, 2.05) is 25.1 Å². The third kappa shape index (κ3) is 3.15. The fourth-order valence-electron chi connectivity index (χ4n) is 1.95. The minimum atomic E-state index is -0.377. The zero-order valence-electron chi connectivity index (χ0n) is 10.3. The Morgan fingerprint density at radius 1 is 1.21 bits per heavy atom. The van der Waals surface area contributed by atoms with Crippen molar-refractivity contribution in [2.45, 2.75) is 13.0 Å². The normalized spacial score (nSPS) is 12.5. The van der Waals surface area contributed by atoms with Gasteiger partial charge in [0.25, 0.3) is 0 Å². The molecule has 100 valence electrons. The summed E-state index contributed by atoms with van der Waals surface area (Å²) in [6.07, 6.45) is 0. The van der Waals surface area contributed by atoms with Gasteiger partial charge in [0.15, 0.2) is 0 Å². The van der Waals surface area contributed by atoms with E-state index in [0.29, 0.717) is 10.6 Å². The molecule has 2 nitrogen and oxygen atoms in total. The second-order valence-electron chi connectivity index (χ2n) is 4.29. The van der Waals surface area contributed by atoms with E-state index < -0.39 is 0 Å². The number of benzene rings is 2. The predicted octanol–water partition coefficient (Wildman–Crippen LogP) is 4.10. The van der Waals surface area contributed by atoms with Gasteiger partial charge in [0.05, 0.1) is 6.04 Å². The number of hydrogen-bond donors (Lipinski definition) is 2. The number of hydrazine groups is 1. The molecule has 0 saturated carbocycles. The number of nitrogens with one attached hydrogen (secondary N) is 1. The van der Waals surface area contributed by atoms with E-state index in [2.05, 4.69) is 21.4 Å². The van der Waals surface area contributed by atoms with Crippen LogP contribution in [-0.2, 0) is 0 Å². The lowest BCUT2D eigenvalue weighted by Crippen LogP contribution is -2.29. The van der Waals surface area contributed by atoms with Crippen molar-refractivity contribution in [2.75, 3.05) is 0 Å². The topological polar surface area (TPSA) is 38.0 Å². The number of rotatable bonds is 3. The highest BCUT2D eigenvalue weighted by atomic mass is 79.9.